The molecule has 2 bridgehead atoms. The molecule has 0 spiro atoms. The number of amides is 2. The predicted molar refractivity (Wildman–Crippen MR) is 73.4 cm³/mol. The number of non-ortho nitro benzene ring substituents is 1. The van der Waals surface area contributed by atoms with Gasteiger partial charge in [0.1, 0.15) is 5.82 Å². The summed E-state index contributed by atoms with van der Waals surface area (Å²) in [5.41, 5.74) is -0.630. The number of fused-ring (bicyclic) bond motifs is 5. The molecule has 1 aromatic carbocycles. The minimum Gasteiger partial charge on any atom is -0.274 e. The Labute approximate surface area is 125 Å². The van der Waals surface area contributed by atoms with Crippen LogP contribution in [0.2, 0.25) is 0 Å². The molecule has 114 valence electrons. The Balaban J connectivity index is 1.78. The van der Waals surface area contributed by atoms with Gasteiger partial charge in [0, 0.05) is 12.1 Å². The SMILES string of the molecule is O=C1[C@@H]2[C@H]3CC[C@@H](C3)[C@@H]2C(=O)N1c1cc([N+](=O)[O-])ccc1F. The van der Waals surface area contributed by atoms with Crippen LogP contribution in [0.4, 0.5) is 15.8 Å². The van der Waals surface area contributed by atoms with E-state index in [4.69, 9.17) is 0 Å². The zero-order valence-electron chi connectivity index (χ0n) is 11.6. The van der Waals surface area contributed by atoms with Crippen molar-refractivity contribution >= 4 is 23.2 Å². The molecule has 1 aliphatic heterocycles. The molecule has 1 heterocycles. The average molecular weight is 304 g/mol. The summed E-state index contributed by atoms with van der Waals surface area (Å²) in [7, 11) is 0. The van der Waals surface area contributed by atoms with E-state index in [-0.39, 0.29) is 35.0 Å². The molecule has 4 rings (SSSR count). The topological polar surface area (TPSA) is 80.5 Å². The van der Waals surface area contributed by atoms with Crippen LogP contribution in [-0.4, -0.2) is 16.7 Å². The van der Waals surface area contributed by atoms with Crippen LogP contribution in [0.25, 0.3) is 0 Å². The minimum atomic E-state index is -0.792. The van der Waals surface area contributed by atoms with Crippen molar-refractivity contribution in [2.24, 2.45) is 23.7 Å². The highest BCUT2D eigenvalue weighted by molar-refractivity contribution is 6.22. The van der Waals surface area contributed by atoms with Crippen LogP contribution in [0.5, 0.6) is 0 Å². The molecule has 4 atom stereocenters. The molecule has 3 aliphatic rings. The van der Waals surface area contributed by atoms with Gasteiger partial charge in [-0.3, -0.25) is 19.7 Å². The summed E-state index contributed by atoms with van der Waals surface area (Å²) in [4.78, 5) is 36.2. The molecule has 6 nitrogen and oxygen atoms in total. The van der Waals surface area contributed by atoms with Crippen molar-refractivity contribution in [3.8, 4) is 0 Å². The second-order valence-corrected chi connectivity index (χ2v) is 6.29. The van der Waals surface area contributed by atoms with E-state index >= 15 is 0 Å². The first-order chi connectivity index (χ1) is 10.5. The van der Waals surface area contributed by atoms with E-state index in [1.165, 1.54) is 0 Å². The van der Waals surface area contributed by atoms with Gasteiger partial charge in [-0.15, -0.1) is 0 Å². The molecular formula is C15H13FN2O4. The van der Waals surface area contributed by atoms with E-state index in [0.29, 0.717) is 0 Å². The van der Waals surface area contributed by atoms with E-state index in [0.717, 1.165) is 42.4 Å². The monoisotopic (exact) mass is 304 g/mol. The number of rotatable bonds is 2. The molecule has 7 heteroatoms. The van der Waals surface area contributed by atoms with Crippen LogP contribution >= 0.6 is 0 Å². The highest BCUT2D eigenvalue weighted by Gasteiger charge is 2.61. The van der Waals surface area contributed by atoms with Crippen molar-refractivity contribution in [2.75, 3.05) is 4.90 Å². The number of nitro groups is 1. The summed E-state index contributed by atoms with van der Waals surface area (Å²) in [6.07, 6.45) is 2.74. The second kappa shape index (κ2) is 4.34. The maximum absolute atomic E-state index is 14.0. The Bertz CT molecular complexity index is 691. The third-order valence-electron chi connectivity index (χ3n) is 5.31. The summed E-state index contributed by atoms with van der Waals surface area (Å²) >= 11 is 0. The van der Waals surface area contributed by atoms with Crippen LogP contribution in [0.1, 0.15) is 19.3 Å². The molecule has 0 N–H and O–H groups in total. The van der Waals surface area contributed by atoms with E-state index in [2.05, 4.69) is 0 Å². The first-order valence-electron chi connectivity index (χ1n) is 7.31. The summed E-state index contributed by atoms with van der Waals surface area (Å²) in [6.45, 7) is 0. The van der Waals surface area contributed by atoms with Gasteiger partial charge >= 0.3 is 0 Å². The van der Waals surface area contributed by atoms with Crippen LogP contribution in [-0.2, 0) is 9.59 Å². The maximum atomic E-state index is 14.0. The molecule has 2 saturated carbocycles. The fourth-order valence-electron chi connectivity index (χ4n) is 4.43. The summed E-state index contributed by atoms with van der Waals surface area (Å²) in [6, 6.07) is 2.92. The van der Waals surface area contributed by atoms with Crippen molar-refractivity contribution in [1.29, 1.82) is 0 Å². The maximum Gasteiger partial charge on any atom is 0.271 e. The number of carbonyl (C=O) groups excluding carboxylic acids is 2. The molecule has 0 radical (unpaired) electrons. The van der Waals surface area contributed by atoms with Gasteiger partial charge in [0.2, 0.25) is 11.8 Å². The number of imide groups is 1. The molecule has 0 aromatic heterocycles. The molecule has 0 unspecified atom stereocenters. The van der Waals surface area contributed by atoms with Crippen LogP contribution < -0.4 is 4.90 Å². The standard InChI is InChI=1S/C15H13FN2O4/c16-10-4-3-9(18(21)22)6-11(10)17-14(19)12-7-1-2-8(5-7)13(12)15(17)20/h3-4,6-8,12-13H,1-2,5H2/t7-,8-,12-,13+/m0/s1. The summed E-state index contributed by atoms with van der Waals surface area (Å²) in [5.74, 6) is -1.95. The fourth-order valence-corrected chi connectivity index (χ4v) is 4.43. The predicted octanol–water partition coefficient (Wildman–Crippen LogP) is 2.27. The average Bonchev–Trinajstić information content (AvgIpc) is 3.14. The number of hydrogen-bond acceptors (Lipinski definition) is 4. The van der Waals surface area contributed by atoms with Crippen molar-refractivity contribution < 1.29 is 18.9 Å². The lowest BCUT2D eigenvalue weighted by molar-refractivity contribution is -0.384. The second-order valence-electron chi connectivity index (χ2n) is 6.29. The van der Waals surface area contributed by atoms with E-state index in [1.54, 1.807) is 0 Å². The van der Waals surface area contributed by atoms with Gasteiger partial charge in [-0.25, -0.2) is 9.29 Å². The Kier molecular flexibility index (Phi) is 2.64. The number of nitrogens with zero attached hydrogens (tertiary/aromatic N) is 2. The number of hydrogen-bond donors (Lipinski definition) is 0. The smallest absolute Gasteiger partial charge is 0.271 e. The van der Waals surface area contributed by atoms with Crippen molar-refractivity contribution in [2.45, 2.75) is 19.3 Å². The van der Waals surface area contributed by atoms with E-state index < -0.39 is 22.6 Å². The van der Waals surface area contributed by atoms with Crippen LogP contribution in [0.15, 0.2) is 18.2 Å². The van der Waals surface area contributed by atoms with Crippen LogP contribution in [0.3, 0.4) is 0 Å². The highest BCUT2D eigenvalue weighted by Crippen LogP contribution is 2.56. The fraction of sp³-hybridized carbons (Fsp3) is 0.467. The number of carbonyl (C=O) groups is 2. The Morgan fingerprint density at radius 1 is 1.14 bits per heavy atom. The van der Waals surface area contributed by atoms with E-state index in [1.807, 2.05) is 0 Å². The van der Waals surface area contributed by atoms with Crippen molar-refractivity contribution in [3.05, 3.63) is 34.1 Å². The lowest BCUT2D eigenvalue weighted by atomic mass is 9.81. The number of nitro benzene ring substituents is 1. The number of halogens is 1. The Morgan fingerprint density at radius 3 is 2.27 bits per heavy atom. The largest absolute Gasteiger partial charge is 0.274 e. The summed E-state index contributed by atoms with van der Waals surface area (Å²) in [5, 5.41) is 10.8. The van der Waals surface area contributed by atoms with Crippen molar-refractivity contribution in [3.63, 3.8) is 0 Å². The Hall–Kier alpha value is -2.31. The first kappa shape index (κ1) is 13.4. The lowest BCUT2D eigenvalue weighted by Gasteiger charge is -2.19. The third-order valence-corrected chi connectivity index (χ3v) is 5.31. The van der Waals surface area contributed by atoms with Gasteiger partial charge in [0.05, 0.1) is 22.4 Å². The third kappa shape index (κ3) is 1.59. The quantitative estimate of drug-likeness (QED) is 0.477. The molecule has 3 fully saturated rings. The molecule has 2 aliphatic carbocycles. The van der Waals surface area contributed by atoms with E-state index in [9.17, 15) is 24.1 Å². The molecule has 2 amide bonds. The first-order valence-corrected chi connectivity index (χ1v) is 7.31. The number of benzene rings is 1. The molecule has 1 aromatic rings. The van der Waals surface area contributed by atoms with Gasteiger partial charge in [-0.2, -0.15) is 0 Å². The zero-order chi connectivity index (χ0) is 15.6. The number of anilines is 1. The normalized spacial score (nSPS) is 32.7. The zero-order valence-corrected chi connectivity index (χ0v) is 11.6. The minimum absolute atomic E-state index is 0.193. The van der Waals surface area contributed by atoms with Crippen LogP contribution in [0, 0.1) is 39.6 Å². The molecular weight excluding hydrogens is 291 g/mol. The van der Waals surface area contributed by atoms with Gasteiger partial charge in [0.25, 0.3) is 5.69 Å². The summed E-state index contributed by atoms with van der Waals surface area (Å²) < 4.78 is 14.0. The van der Waals surface area contributed by atoms with Crippen molar-refractivity contribution in [1.82, 2.24) is 0 Å². The van der Waals surface area contributed by atoms with Gasteiger partial charge in [0.15, 0.2) is 0 Å². The highest BCUT2D eigenvalue weighted by atomic mass is 19.1. The van der Waals surface area contributed by atoms with Gasteiger partial charge in [-0.05, 0) is 37.2 Å². The molecule has 22 heavy (non-hydrogen) atoms. The lowest BCUT2D eigenvalue weighted by Crippen LogP contribution is -2.33. The van der Waals surface area contributed by atoms with Gasteiger partial charge in [-0.1, -0.05) is 0 Å². The molecule has 1 saturated heterocycles. The van der Waals surface area contributed by atoms with Gasteiger partial charge < -0.3 is 0 Å². The Morgan fingerprint density at radius 2 is 1.73 bits per heavy atom.